The lowest BCUT2D eigenvalue weighted by atomic mass is 10.1. The fraction of sp³-hybridized carbons (Fsp3) is 0.160. The van der Waals surface area contributed by atoms with Crippen molar-refractivity contribution in [2.75, 3.05) is 0 Å². The lowest BCUT2D eigenvalue weighted by Gasteiger charge is -2.05. The number of oxazole rings is 1. The molecule has 0 aliphatic heterocycles. The third-order valence-electron chi connectivity index (χ3n) is 5.04. The van der Waals surface area contributed by atoms with Crippen LogP contribution in [0.15, 0.2) is 82.4 Å². The number of nitrogens with zero attached hydrogens (tertiary/aromatic N) is 2. The Labute approximate surface area is 189 Å². The van der Waals surface area contributed by atoms with Crippen LogP contribution in [0.1, 0.15) is 32.9 Å². The van der Waals surface area contributed by atoms with E-state index in [1.165, 1.54) is 0 Å². The summed E-state index contributed by atoms with van der Waals surface area (Å²) in [4.78, 5) is 21.7. The Bertz CT molecular complexity index is 1230. The van der Waals surface area contributed by atoms with Crippen LogP contribution in [0.25, 0.3) is 11.5 Å². The number of aryl methyl sites for hydroxylation is 2. The van der Waals surface area contributed by atoms with Gasteiger partial charge in [0.15, 0.2) is 0 Å². The number of amides is 1. The van der Waals surface area contributed by atoms with Gasteiger partial charge in [0.2, 0.25) is 5.89 Å². The fourth-order valence-electron chi connectivity index (χ4n) is 3.13. The van der Waals surface area contributed by atoms with Gasteiger partial charge >= 0.3 is 0 Å². The van der Waals surface area contributed by atoms with E-state index >= 15 is 0 Å². The Balaban J connectivity index is 1.42. The predicted molar refractivity (Wildman–Crippen MR) is 123 cm³/mol. The van der Waals surface area contributed by atoms with Crippen LogP contribution < -0.4 is 5.32 Å². The van der Waals surface area contributed by atoms with Gasteiger partial charge in [0.1, 0.15) is 5.76 Å². The molecule has 0 saturated heterocycles. The minimum Gasteiger partial charge on any atom is -0.441 e. The molecule has 7 heteroatoms. The zero-order chi connectivity index (χ0) is 22.5. The molecule has 0 saturated carbocycles. The number of nitrogens with one attached hydrogen (secondary N) is 1. The lowest BCUT2D eigenvalue weighted by Crippen LogP contribution is -2.22. The normalized spacial score (nSPS) is 11.8. The number of pyridine rings is 1. The van der Waals surface area contributed by atoms with Gasteiger partial charge in [-0.3, -0.25) is 14.0 Å². The van der Waals surface area contributed by atoms with Crippen LogP contribution in [0.2, 0.25) is 0 Å². The van der Waals surface area contributed by atoms with Crippen molar-refractivity contribution in [2.24, 2.45) is 0 Å². The van der Waals surface area contributed by atoms with E-state index in [1.54, 1.807) is 36.7 Å². The minimum absolute atomic E-state index is 0.161. The Morgan fingerprint density at radius 1 is 0.969 bits per heavy atom. The maximum absolute atomic E-state index is 12.7. The maximum Gasteiger partial charge on any atom is 0.251 e. The molecule has 6 nitrogen and oxygen atoms in total. The summed E-state index contributed by atoms with van der Waals surface area (Å²) < 4.78 is 18.5. The van der Waals surface area contributed by atoms with Gasteiger partial charge in [-0.15, -0.1) is 0 Å². The van der Waals surface area contributed by atoms with E-state index in [0.29, 0.717) is 29.5 Å². The van der Waals surface area contributed by atoms with Crippen molar-refractivity contribution in [2.45, 2.75) is 31.0 Å². The number of benzene rings is 2. The average molecular weight is 446 g/mol. The second kappa shape index (κ2) is 9.70. The summed E-state index contributed by atoms with van der Waals surface area (Å²) in [5.74, 6) is 1.21. The summed E-state index contributed by atoms with van der Waals surface area (Å²) in [6, 6.07) is 18.4. The van der Waals surface area contributed by atoms with Crippen molar-refractivity contribution in [3.63, 3.8) is 0 Å². The first-order chi connectivity index (χ1) is 15.5. The first kappa shape index (κ1) is 21.6. The molecule has 1 amide bonds. The molecule has 4 aromatic rings. The number of carbonyl (C=O) groups excluding carboxylic acids is 1. The number of hydrogen-bond donors (Lipinski definition) is 1. The van der Waals surface area contributed by atoms with Crippen LogP contribution in [0.5, 0.6) is 0 Å². The molecule has 0 radical (unpaired) electrons. The molecular weight excluding hydrogens is 422 g/mol. The van der Waals surface area contributed by atoms with E-state index in [9.17, 15) is 9.00 Å². The Hall–Kier alpha value is -3.58. The molecular formula is C25H23N3O3S. The highest BCUT2D eigenvalue weighted by atomic mass is 32.2. The van der Waals surface area contributed by atoms with Crippen molar-refractivity contribution in [1.29, 1.82) is 0 Å². The van der Waals surface area contributed by atoms with Crippen molar-refractivity contribution >= 4 is 16.7 Å². The second-order valence-corrected chi connectivity index (χ2v) is 8.89. The van der Waals surface area contributed by atoms with E-state index in [2.05, 4.69) is 15.3 Å². The quantitative estimate of drug-likeness (QED) is 0.450. The van der Waals surface area contributed by atoms with Gasteiger partial charge in [0, 0.05) is 35.0 Å². The molecule has 1 atom stereocenters. The summed E-state index contributed by atoms with van der Waals surface area (Å²) in [6.07, 6.45) is 3.39. The van der Waals surface area contributed by atoms with Crippen LogP contribution in [0.3, 0.4) is 0 Å². The smallest absolute Gasteiger partial charge is 0.251 e. The average Bonchev–Trinajstić information content (AvgIpc) is 3.18. The van der Waals surface area contributed by atoms with Crippen LogP contribution in [0, 0.1) is 13.8 Å². The fourth-order valence-corrected chi connectivity index (χ4v) is 4.25. The summed E-state index contributed by atoms with van der Waals surface area (Å²) >= 11 is 0. The highest BCUT2D eigenvalue weighted by Gasteiger charge is 2.16. The first-order valence-electron chi connectivity index (χ1n) is 10.2. The topological polar surface area (TPSA) is 85.1 Å². The molecule has 4 rings (SSSR count). The zero-order valence-electron chi connectivity index (χ0n) is 17.9. The van der Waals surface area contributed by atoms with Gasteiger partial charge in [-0.2, -0.15) is 0 Å². The highest BCUT2D eigenvalue weighted by molar-refractivity contribution is 7.84. The Kier molecular flexibility index (Phi) is 6.56. The number of carbonyl (C=O) groups is 1. The van der Waals surface area contributed by atoms with Crippen LogP contribution in [-0.4, -0.2) is 20.1 Å². The summed E-state index contributed by atoms with van der Waals surface area (Å²) in [6.45, 7) is 4.25. The number of rotatable bonds is 7. The molecule has 1 N–H and O–H groups in total. The molecule has 0 aliphatic carbocycles. The van der Waals surface area contributed by atoms with Crippen LogP contribution in [-0.2, 0) is 23.1 Å². The molecule has 0 bridgehead atoms. The van der Waals surface area contributed by atoms with Gasteiger partial charge in [-0.05, 0) is 67.9 Å². The Morgan fingerprint density at radius 2 is 1.66 bits per heavy atom. The summed E-state index contributed by atoms with van der Waals surface area (Å²) in [5, 5.41) is 2.89. The van der Waals surface area contributed by atoms with E-state index in [0.717, 1.165) is 21.6 Å². The van der Waals surface area contributed by atoms with Gasteiger partial charge in [-0.1, -0.05) is 17.7 Å². The van der Waals surface area contributed by atoms with Crippen LogP contribution >= 0.6 is 0 Å². The predicted octanol–water partition coefficient (Wildman–Crippen LogP) is 4.59. The van der Waals surface area contributed by atoms with Crippen molar-refractivity contribution in [3.05, 3.63) is 101 Å². The minimum atomic E-state index is -1.20. The molecule has 0 fully saturated rings. The standard InChI is InChI=1S/C25H23N3O3S/c1-17-3-9-22(10-4-17)32(30)16-23-18(2)31-25(28-23)21-7-5-20(6-8-21)24(29)27-15-19-11-13-26-14-12-19/h3-14H,15-16H2,1-2H3,(H,27,29). The SMILES string of the molecule is Cc1ccc(S(=O)Cc2nc(-c3ccc(C(=O)NCc4ccncc4)cc3)oc2C)cc1. The van der Waals surface area contributed by atoms with E-state index in [-0.39, 0.29) is 11.7 Å². The monoisotopic (exact) mass is 445 g/mol. The molecule has 32 heavy (non-hydrogen) atoms. The van der Waals surface area contributed by atoms with Gasteiger partial charge < -0.3 is 9.73 Å². The molecule has 2 aromatic heterocycles. The summed E-state index contributed by atoms with van der Waals surface area (Å²) in [5.41, 5.74) is 4.08. The van der Waals surface area contributed by atoms with Crippen molar-refractivity contribution in [3.8, 4) is 11.5 Å². The zero-order valence-corrected chi connectivity index (χ0v) is 18.7. The second-order valence-electron chi connectivity index (χ2n) is 7.44. The molecule has 0 spiro atoms. The van der Waals surface area contributed by atoms with E-state index in [1.807, 2.05) is 50.2 Å². The first-order valence-corrected chi connectivity index (χ1v) is 11.5. The third-order valence-corrected chi connectivity index (χ3v) is 6.37. The maximum atomic E-state index is 12.7. The number of aromatic nitrogens is 2. The summed E-state index contributed by atoms with van der Waals surface area (Å²) in [7, 11) is -1.20. The van der Waals surface area contributed by atoms with Gasteiger partial charge in [0.05, 0.1) is 22.2 Å². The van der Waals surface area contributed by atoms with E-state index < -0.39 is 10.8 Å². The third kappa shape index (κ3) is 5.18. The Morgan fingerprint density at radius 3 is 2.34 bits per heavy atom. The van der Waals surface area contributed by atoms with Crippen molar-refractivity contribution in [1.82, 2.24) is 15.3 Å². The van der Waals surface area contributed by atoms with E-state index in [4.69, 9.17) is 4.42 Å². The molecule has 0 aliphatic rings. The van der Waals surface area contributed by atoms with Gasteiger partial charge in [0.25, 0.3) is 5.91 Å². The molecule has 1 unspecified atom stereocenters. The van der Waals surface area contributed by atoms with Crippen molar-refractivity contribution < 1.29 is 13.4 Å². The molecule has 162 valence electrons. The van der Waals surface area contributed by atoms with Gasteiger partial charge in [-0.25, -0.2) is 4.98 Å². The lowest BCUT2D eigenvalue weighted by molar-refractivity contribution is 0.0951. The molecule has 2 aromatic carbocycles. The van der Waals surface area contributed by atoms with Crippen LogP contribution in [0.4, 0.5) is 0 Å². The highest BCUT2D eigenvalue weighted by Crippen LogP contribution is 2.24. The largest absolute Gasteiger partial charge is 0.441 e. The number of hydrogen-bond acceptors (Lipinski definition) is 5. The molecule has 2 heterocycles.